The highest BCUT2D eigenvalue weighted by atomic mass is 19.4. The van der Waals surface area contributed by atoms with Crippen LogP contribution < -0.4 is 9.84 Å². The van der Waals surface area contributed by atoms with Crippen LogP contribution >= 0.6 is 0 Å². The maximum Gasteiger partial charge on any atom is 0.430 e. The van der Waals surface area contributed by atoms with Crippen molar-refractivity contribution in [3.8, 4) is 16.9 Å². The number of likely N-dealkylation sites (tertiary alicyclic amines) is 1. The van der Waals surface area contributed by atoms with Crippen LogP contribution in [0.3, 0.4) is 0 Å². The van der Waals surface area contributed by atoms with E-state index >= 15 is 0 Å². The van der Waals surface area contributed by atoms with Gasteiger partial charge in [0.25, 0.3) is 0 Å². The second-order valence-corrected chi connectivity index (χ2v) is 12.1. The van der Waals surface area contributed by atoms with Crippen molar-refractivity contribution < 1.29 is 46.9 Å². The number of ether oxygens (including phenoxy) is 2. The fourth-order valence-corrected chi connectivity index (χ4v) is 6.24. The van der Waals surface area contributed by atoms with Crippen LogP contribution in [0.2, 0.25) is 0 Å². The number of nitrogens with zero attached hydrogens (tertiary/aromatic N) is 1. The van der Waals surface area contributed by atoms with Gasteiger partial charge in [-0.3, -0.25) is 0 Å². The van der Waals surface area contributed by atoms with E-state index in [2.05, 4.69) is 31.3 Å². The molecule has 1 saturated heterocycles. The number of esters is 1. The van der Waals surface area contributed by atoms with Crippen molar-refractivity contribution in [1.29, 1.82) is 0 Å². The first kappa shape index (κ1) is 34.0. The van der Waals surface area contributed by atoms with E-state index in [0.717, 1.165) is 68.4 Å². The lowest BCUT2D eigenvalue weighted by molar-refractivity contribution is -0.899. The van der Waals surface area contributed by atoms with E-state index < -0.39 is 23.7 Å². The van der Waals surface area contributed by atoms with Crippen LogP contribution in [0.1, 0.15) is 44.1 Å². The monoisotopic (exact) mass is 627 g/mol. The molecule has 0 aromatic heterocycles. The highest BCUT2D eigenvalue weighted by Gasteiger charge is 2.49. The van der Waals surface area contributed by atoms with Crippen molar-refractivity contribution in [3.63, 3.8) is 0 Å². The third kappa shape index (κ3) is 9.08. The average molecular weight is 628 g/mol. The minimum absolute atomic E-state index is 0.0846. The molecule has 3 atom stereocenters. The van der Waals surface area contributed by atoms with Crippen LogP contribution in [0.4, 0.5) is 13.2 Å². The van der Waals surface area contributed by atoms with Gasteiger partial charge >= 0.3 is 12.1 Å². The zero-order chi connectivity index (χ0) is 32.5. The summed E-state index contributed by atoms with van der Waals surface area (Å²) in [6.45, 7) is 3.34. The number of hydrogen-bond donors (Lipinski definition) is 1. The number of rotatable bonds is 10. The second kappa shape index (κ2) is 14.9. The van der Waals surface area contributed by atoms with E-state index in [1.54, 1.807) is 0 Å². The number of alkyl halides is 3. The van der Waals surface area contributed by atoms with Gasteiger partial charge in [0.15, 0.2) is 11.7 Å². The number of likely N-dealkylation sites (N-methyl/N-ethyl adjacent to an activating group) is 1. The molecule has 3 unspecified atom stereocenters. The summed E-state index contributed by atoms with van der Waals surface area (Å²) in [5.74, 6) is -2.69. The summed E-state index contributed by atoms with van der Waals surface area (Å²) in [5.41, 5.74) is 1.47. The molecule has 10 heteroatoms. The molecule has 3 aromatic rings. The maximum absolute atomic E-state index is 13.5. The minimum atomic E-state index is -5.19. The van der Waals surface area contributed by atoms with Crippen LogP contribution in [-0.4, -0.2) is 67.1 Å². The Morgan fingerprint density at radius 2 is 1.44 bits per heavy atom. The summed E-state index contributed by atoms with van der Waals surface area (Å²) in [5, 5.41) is 20.5. The van der Waals surface area contributed by atoms with Crippen molar-refractivity contribution >= 4 is 11.9 Å². The molecule has 0 amide bonds. The Balaban J connectivity index is 0.000000591. The molecule has 5 rings (SSSR count). The van der Waals surface area contributed by atoms with Crippen molar-refractivity contribution in [2.24, 2.45) is 5.92 Å². The summed E-state index contributed by atoms with van der Waals surface area (Å²) in [6, 6.07) is 28.0. The standard InChI is InChI=1S/C33H40NO4.C2HF3O2/c1-34(22-10-24-37-30-19-17-27(18-20-30)26-11-4-2-5-12-26)23-21-31(25-34)38-32(35)33(36,29-15-8-9-16-29)28-13-6-3-7-14-28;3-2(4,5)1(6)7/h2-7,11-14,17-20,29,31,36H,8-10,15-16,21-25H2,1H3;(H,6,7)/q+1;/p-1. The van der Waals surface area contributed by atoms with E-state index in [-0.39, 0.29) is 12.0 Å². The number of carbonyl (C=O) groups is 2. The molecule has 1 saturated carbocycles. The summed E-state index contributed by atoms with van der Waals surface area (Å²) in [6.07, 6.45) is 0.181. The van der Waals surface area contributed by atoms with Gasteiger partial charge in [0.2, 0.25) is 0 Å². The SMILES string of the molecule is C[N+]1(CCCOc2ccc(-c3ccccc3)cc2)CCC(OC(=O)C(O)(c2ccccc2)C2CCCC2)C1.O=C([O-])C(F)(F)F. The van der Waals surface area contributed by atoms with Crippen LogP contribution in [0.15, 0.2) is 84.9 Å². The maximum atomic E-state index is 13.5. The Hall–Kier alpha value is -3.89. The first-order valence-electron chi connectivity index (χ1n) is 15.3. The number of carboxylic acid groups (broad SMARTS) is 1. The van der Waals surface area contributed by atoms with E-state index in [0.29, 0.717) is 12.2 Å². The molecule has 3 aromatic carbocycles. The van der Waals surface area contributed by atoms with E-state index in [9.17, 15) is 23.1 Å². The summed E-state index contributed by atoms with van der Waals surface area (Å²) in [7, 11) is 2.23. The van der Waals surface area contributed by atoms with Gasteiger partial charge in [-0.2, -0.15) is 13.2 Å². The molecule has 1 aliphatic carbocycles. The molecule has 0 spiro atoms. The highest BCUT2D eigenvalue weighted by Crippen LogP contribution is 2.42. The van der Waals surface area contributed by atoms with Gasteiger partial charge in [-0.05, 0) is 41.7 Å². The van der Waals surface area contributed by atoms with Gasteiger partial charge in [-0.15, -0.1) is 0 Å². The molecule has 7 nitrogen and oxygen atoms in total. The second-order valence-electron chi connectivity index (χ2n) is 12.1. The number of aliphatic hydroxyl groups is 1. The Labute approximate surface area is 261 Å². The predicted molar refractivity (Wildman–Crippen MR) is 161 cm³/mol. The fourth-order valence-electron chi connectivity index (χ4n) is 6.24. The summed E-state index contributed by atoms with van der Waals surface area (Å²) < 4.78 is 44.4. The number of halogens is 3. The van der Waals surface area contributed by atoms with E-state index in [1.165, 1.54) is 11.1 Å². The summed E-state index contributed by atoms with van der Waals surface area (Å²) in [4.78, 5) is 22.2. The van der Waals surface area contributed by atoms with Crippen LogP contribution in [0, 0.1) is 5.92 Å². The van der Waals surface area contributed by atoms with E-state index in [4.69, 9.17) is 19.4 Å². The number of hydrogen-bond acceptors (Lipinski definition) is 6. The topological polar surface area (TPSA) is 95.9 Å². The predicted octanol–water partition coefficient (Wildman–Crippen LogP) is 5.26. The number of benzene rings is 3. The number of carbonyl (C=O) groups excluding carboxylic acids is 2. The van der Waals surface area contributed by atoms with Gasteiger partial charge in [0.05, 0.1) is 26.7 Å². The summed E-state index contributed by atoms with van der Waals surface area (Å²) >= 11 is 0. The molecule has 1 N–H and O–H groups in total. The lowest BCUT2D eigenvalue weighted by Crippen LogP contribution is -2.47. The number of carboxylic acids is 1. The minimum Gasteiger partial charge on any atom is -0.542 e. The number of aliphatic carboxylic acids is 1. The molecule has 1 heterocycles. The zero-order valence-corrected chi connectivity index (χ0v) is 25.4. The lowest BCUT2D eigenvalue weighted by Gasteiger charge is -2.33. The Bertz CT molecular complexity index is 1380. The molecular formula is C35H40F3NO6. The lowest BCUT2D eigenvalue weighted by atomic mass is 9.80. The van der Waals surface area contributed by atoms with Crippen LogP contribution in [0.25, 0.3) is 11.1 Å². The first-order valence-corrected chi connectivity index (χ1v) is 15.3. The first-order chi connectivity index (χ1) is 21.4. The normalized spacial score (nSPS) is 21.3. The van der Waals surface area contributed by atoms with Crippen LogP contribution in [-0.2, 0) is 19.9 Å². The van der Waals surface area contributed by atoms with Gasteiger partial charge in [-0.1, -0.05) is 85.6 Å². The van der Waals surface area contributed by atoms with Gasteiger partial charge < -0.3 is 29.0 Å². The Kier molecular flexibility index (Phi) is 11.3. The molecule has 2 aliphatic rings. The van der Waals surface area contributed by atoms with Crippen molar-refractivity contribution in [2.75, 3.05) is 33.3 Å². The van der Waals surface area contributed by atoms with Crippen molar-refractivity contribution in [3.05, 3.63) is 90.5 Å². The third-order valence-electron chi connectivity index (χ3n) is 8.68. The highest BCUT2D eigenvalue weighted by molar-refractivity contribution is 5.81. The molecule has 0 bridgehead atoms. The number of quaternary nitrogens is 1. The Morgan fingerprint density at radius 3 is 2.02 bits per heavy atom. The molecule has 45 heavy (non-hydrogen) atoms. The zero-order valence-electron chi connectivity index (χ0n) is 25.4. The molecule has 2 fully saturated rings. The molecule has 242 valence electrons. The average Bonchev–Trinajstić information content (AvgIpc) is 3.71. The quantitative estimate of drug-likeness (QED) is 0.187. The van der Waals surface area contributed by atoms with E-state index in [1.807, 2.05) is 60.7 Å². The fraction of sp³-hybridized carbons (Fsp3) is 0.429. The van der Waals surface area contributed by atoms with Gasteiger partial charge in [-0.25, -0.2) is 4.79 Å². The Morgan fingerprint density at radius 1 is 0.889 bits per heavy atom. The third-order valence-corrected chi connectivity index (χ3v) is 8.68. The molecular weight excluding hydrogens is 587 g/mol. The van der Waals surface area contributed by atoms with Crippen molar-refractivity contribution in [2.45, 2.75) is 56.4 Å². The van der Waals surface area contributed by atoms with Crippen molar-refractivity contribution in [1.82, 2.24) is 0 Å². The largest absolute Gasteiger partial charge is 0.542 e. The van der Waals surface area contributed by atoms with Gasteiger partial charge in [0, 0.05) is 18.8 Å². The molecule has 1 aliphatic heterocycles. The molecule has 0 radical (unpaired) electrons. The van der Waals surface area contributed by atoms with Gasteiger partial charge in [0.1, 0.15) is 18.3 Å². The van der Waals surface area contributed by atoms with Crippen LogP contribution in [0.5, 0.6) is 5.75 Å². The smallest absolute Gasteiger partial charge is 0.430 e.